The molecule has 1 N–H and O–H groups in total. The number of amides is 2. The molecule has 1 heterocycles. The molecular formula is C35H32N2O4S. The van der Waals surface area contributed by atoms with E-state index in [0.717, 1.165) is 33.9 Å². The highest BCUT2D eigenvalue weighted by molar-refractivity contribution is 7.80. The molecule has 7 heteroatoms. The molecule has 0 saturated carbocycles. The summed E-state index contributed by atoms with van der Waals surface area (Å²) in [5.74, 6) is 0.0821. The first-order chi connectivity index (χ1) is 20.4. The predicted molar refractivity (Wildman–Crippen MR) is 172 cm³/mol. The van der Waals surface area contributed by atoms with Gasteiger partial charge < -0.3 is 9.47 Å². The summed E-state index contributed by atoms with van der Waals surface area (Å²) in [7, 11) is 0. The van der Waals surface area contributed by atoms with E-state index in [1.165, 1.54) is 4.90 Å². The van der Waals surface area contributed by atoms with Gasteiger partial charge >= 0.3 is 0 Å². The second-order valence-electron chi connectivity index (χ2n) is 9.84. The minimum atomic E-state index is -0.550. The molecule has 1 fully saturated rings. The summed E-state index contributed by atoms with van der Waals surface area (Å²) in [5.41, 5.74) is 4.20. The van der Waals surface area contributed by atoms with E-state index >= 15 is 0 Å². The SMILES string of the molecule is C=CCc1cc(/C=C2\C(=O)NC(=S)N(c3ccc(CC)cc3)C2=O)cc(OCC)c1OCc1cccc2ccccc12. The maximum atomic E-state index is 13.6. The third-order valence-corrected chi connectivity index (χ3v) is 7.37. The molecule has 0 unspecified atom stereocenters. The molecule has 0 spiro atoms. The van der Waals surface area contributed by atoms with Gasteiger partial charge in [-0.3, -0.25) is 19.8 Å². The van der Waals surface area contributed by atoms with Crippen molar-refractivity contribution >= 4 is 51.7 Å². The second-order valence-corrected chi connectivity index (χ2v) is 10.2. The number of allylic oxidation sites excluding steroid dienone is 1. The maximum absolute atomic E-state index is 13.6. The van der Waals surface area contributed by atoms with Gasteiger partial charge in [0.05, 0.1) is 12.3 Å². The summed E-state index contributed by atoms with van der Waals surface area (Å²) in [5, 5.41) is 4.97. The Morgan fingerprint density at radius 3 is 2.43 bits per heavy atom. The van der Waals surface area contributed by atoms with Gasteiger partial charge in [-0.2, -0.15) is 0 Å². The third kappa shape index (κ3) is 5.97. The summed E-state index contributed by atoms with van der Waals surface area (Å²) < 4.78 is 12.4. The van der Waals surface area contributed by atoms with Crippen LogP contribution in [0, 0.1) is 0 Å². The Bertz CT molecular complexity index is 1700. The van der Waals surface area contributed by atoms with Gasteiger partial charge in [0.15, 0.2) is 16.6 Å². The summed E-state index contributed by atoms with van der Waals surface area (Å²) in [4.78, 5) is 27.9. The number of nitrogens with one attached hydrogen (secondary N) is 1. The molecular weight excluding hydrogens is 544 g/mol. The number of fused-ring (bicyclic) bond motifs is 1. The Morgan fingerprint density at radius 1 is 0.929 bits per heavy atom. The number of nitrogens with zero attached hydrogens (tertiary/aromatic N) is 1. The molecule has 0 radical (unpaired) electrons. The van der Waals surface area contributed by atoms with Crippen LogP contribution in [0.3, 0.4) is 0 Å². The van der Waals surface area contributed by atoms with Crippen LogP contribution in [0.4, 0.5) is 5.69 Å². The van der Waals surface area contributed by atoms with E-state index in [1.54, 1.807) is 18.2 Å². The van der Waals surface area contributed by atoms with Crippen LogP contribution in [0.5, 0.6) is 11.5 Å². The van der Waals surface area contributed by atoms with E-state index < -0.39 is 11.8 Å². The average Bonchev–Trinajstić information content (AvgIpc) is 2.99. The maximum Gasteiger partial charge on any atom is 0.270 e. The zero-order valence-corrected chi connectivity index (χ0v) is 24.5. The molecule has 0 bridgehead atoms. The first-order valence-electron chi connectivity index (χ1n) is 13.9. The number of rotatable bonds is 10. The Balaban J connectivity index is 1.50. The van der Waals surface area contributed by atoms with Gasteiger partial charge in [0.25, 0.3) is 11.8 Å². The summed E-state index contributed by atoms with van der Waals surface area (Å²) in [6.07, 6.45) is 4.72. The van der Waals surface area contributed by atoms with Crippen molar-refractivity contribution in [2.45, 2.75) is 33.3 Å². The van der Waals surface area contributed by atoms with Crippen molar-refractivity contribution in [1.82, 2.24) is 5.32 Å². The Morgan fingerprint density at radius 2 is 1.69 bits per heavy atom. The quantitative estimate of drug-likeness (QED) is 0.0959. The van der Waals surface area contributed by atoms with Crippen molar-refractivity contribution in [3.8, 4) is 11.5 Å². The number of aryl methyl sites for hydroxylation is 1. The molecule has 212 valence electrons. The van der Waals surface area contributed by atoms with E-state index in [9.17, 15) is 9.59 Å². The van der Waals surface area contributed by atoms with Crippen molar-refractivity contribution in [2.24, 2.45) is 0 Å². The van der Waals surface area contributed by atoms with Crippen LogP contribution in [-0.4, -0.2) is 23.5 Å². The smallest absolute Gasteiger partial charge is 0.270 e. The highest BCUT2D eigenvalue weighted by Gasteiger charge is 2.34. The zero-order chi connectivity index (χ0) is 29.6. The van der Waals surface area contributed by atoms with Crippen LogP contribution in [0.15, 0.2) is 97.1 Å². The second kappa shape index (κ2) is 12.8. The third-order valence-electron chi connectivity index (χ3n) is 7.09. The van der Waals surface area contributed by atoms with Gasteiger partial charge in [-0.25, -0.2) is 0 Å². The fourth-order valence-corrected chi connectivity index (χ4v) is 5.29. The molecule has 1 aliphatic rings. The number of anilines is 1. The number of carbonyl (C=O) groups excluding carboxylic acids is 2. The number of hydrogen-bond donors (Lipinski definition) is 1. The van der Waals surface area contributed by atoms with Crippen LogP contribution >= 0.6 is 12.2 Å². The fourth-order valence-electron chi connectivity index (χ4n) is 5.01. The van der Waals surface area contributed by atoms with Gasteiger partial charge in [0.2, 0.25) is 0 Å². The lowest BCUT2D eigenvalue weighted by Crippen LogP contribution is -2.54. The van der Waals surface area contributed by atoms with E-state index in [0.29, 0.717) is 42.4 Å². The van der Waals surface area contributed by atoms with Crippen LogP contribution < -0.4 is 19.7 Å². The molecule has 0 aliphatic carbocycles. The van der Waals surface area contributed by atoms with Gasteiger partial charge in [-0.05, 0) is 89.8 Å². The van der Waals surface area contributed by atoms with Gasteiger partial charge in [-0.1, -0.05) is 67.6 Å². The summed E-state index contributed by atoms with van der Waals surface area (Å²) in [6, 6.07) is 25.6. The minimum Gasteiger partial charge on any atom is -0.490 e. The van der Waals surface area contributed by atoms with Crippen molar-refractivity contribution in [3.63, 3.8) is 0 Å². The summed E-state index contributed by atoms with van der Waals surface area (Å²) in [6.45, 7) is 8.62. The lowest BCUT2D eigenvalue weighted by Gasteiger charge is -2.29. The summed E-state index contributed by atoms with van der Waals surface area (Å²) >= 11 is 5.37. The first kappa shape index (κ1) is 28.8. The predicted octanol–water partition coefficient (Wildman–Crippen LogP) is 6.94. The standard InChI is InChI=1S/C35H32N2O4S/c1-4-10-26-19-24(20-30-33(38)36-35(42)37(34(30)39)28-17-15-23(5-2)16-18-28)21-31(40-6-3)32(26)41-22-27-13-9-12-25-11-7-8-14-29(25)27/h4,7-9,11-21H,1,5-6,10,22H2,2-3H3,(H,36,38,42)/b30-20+. The van der Waals surface area contributed by atoms with Crippen LogP contribution in [0.25, 0.3) is 16.8 Å². The van der Waals surface area contributed by atoms with E-state index in [2.05, 4.69) is 37.0 Å². The Hall–Kier alpha value is -4.75. The van der Waals surface area contributed by atoms with Gasteiger partial charge in [0, 0.05) is 5.56 Å². The molecule has 4 aromatic carbocycles. The fraction of sp³-hybridized carbons (Fsp3) is 0.171. The van der Waals surface area contributed by atoms with E-state index in [4.69, 9.17) is 21.7 Å². The van der Waals surface area contributed by atoms with Crippen LogP contribution in [0.2, 0.25) is 0 Å². The van der Waals surface area contributed by atoms with Crippen molar-refractivity contribution in [2.75, 3.05) is 11.5 Å². The number of thiocarbonyl (C=S) groups is 1. The van der Waals surface area contributed by atoms with Crippen molar-refractivity contribution < 1.29 is 19.1 Å². The highest BCUT2D eigenvalue weighted by atomic mass is 32.1. The molecule has 0 aromatic heterocycles. The van der Waals surface area contributed by atoms with Crippen LogP contribution in [-0.2, 0) is 29.0 Å². The first-order valence-corrected chi connectivity index (χ1v) is 14.3. The molecule has 42 heavy (non-hydrogen) atoms. The number of benzene rings is 4. The molecule has 2 amide bonds. The molecule has 1 saturated heterocycles. The highest BCUT2D eigenvalue weighted by Crippen LogP contribution is 2.36. The topological polar surface area (TPSA) is 67.9 Å². The van der Waals surface area contributed by atoms with E-state index in [1.807, 2.05) is 61.5 Å². The molecule has 4 aromatic rings. The largest absolute Gasteiger partial charge is 0.490 e. The number of hydrogen-bond acceptors (Lipinski definition) is 5. The Labute approximate surface area is 251 Å². The zero-order valence-electron chi connectivity index (χ0n) is 23.7. The lowest BCUT2D eigenvalue weighted by atomic mass is 10.0. The van der Waals surface area contributed by atoms with Crippen molar-refractivity contribution in [3.05, 3.63) is 119 Å². The minimum absolute atomic E-state index is 0.0282. The van der Waals surface area contributed by atoms with Gasteiger partial charge in [0.1, 0.15) is 12.2 Å². The van der Waals surface area contributed by atoms with Crippen molar-refractivity contribution in [1.29, 1.82) is 0 Å². The van der Waals surface area contributed by atoms with Crippen LogP contribution in [0.1, 0.15) is 36.1 Å². The molecule has 0 atom stereocenters. The molecule has 1 aliphatic heterocycles. The molecule has 6 nitrogen and oxygen atoms in total. The Kier molecular flexibility index (Phi) is 8.79. The number of ether oxygens (including phenoxy) is 2. The monoisotopic (exact) mass is 576 g/mol. The number of carbonyl (C=O) groups is 2. The van der Waals surface area contributed by atoms with E-state index in [-0.39, 0.29) is 10.7 Å². The lowest BCUT2D eigenvalue weighted by molar-refractivity contribution is -0.122. The molecule has 5 rings (SSSR count). The normalized spacial score (nSPS) is 14.3. The average molecular weight is 577 g/mol. The van der Waals surface area contributed by atoms with Gasteiger partial charge in [-0.15, -0.1) is 6.58 Å².